The Balaban J connectivity index is 1.53. The topological polar surface area (TPSA) is 66.8 Å². The van der Waals surface area contributed by atoms with Crippen molar-refractivity contribution in [2.45, 2.75) is 95.6 Å². The van der Waals surface area contributed by atoms with Crippen molar-refractivity contribution in [2.24, 2.45) is 16.7 Å². The van der Waals surface area contributed by atoms with Crippen molar-refractivity contribution in [3.05, 3.63) is 41.0 Å². The van der Waals surface area contributed by atoms with Gasteiger partial charge in [0.05, 0.1) is 5.56 Å². The van der Waals surface area contributed by atoms with Crippen LogP contribution in [-0.4, -0.2) is 32.7 Å². The molecule has 0 unspecified atom stereocenters. The van der Waals surface area contributed by atoms with Crippen LogP contribution in [0.1, 0.15) is 88.6 Å². The highest BCUT2D eigenvalue weighted by molar-refractivity contribution is 9.09. The Labute approximate surface area is 200 Å². The predicted molar refractivity (Wildman–Crippen MR) is 131 cm³/mol. The first kappa shape index (κ1) is 23.8. The fraction of sp³-hybridized carbons (Fsp3) is 0.667. The van der Waals surface area contributed by atoms with Crippen molar-refractivity contribution in [3.8, 4) is 5.75 Å². The van der Waals surface area contributed by atoms with Gasteiger partial charge in [-0.15, -0.1) is 0 Å². The monoisotopic (exact) mass is 504 g/mol. The number of allylic oxidation sites excluding steroid dienone is 2. The minimum atomic E-state index is -0.929. The number of aromatic carboxylic acids is 1. The number of aliphatic hydroxyl groups is 1. The third kappa shape index (κ3) is 4.16. The molecule has 0 saturated heterocycles. The van der Waals surface area contributed by atoms with E-state index in [9.17, 15) is 15.0 Å². The molecule has 1 aromatic rings. The second-order valence-electron chi connectivity index (χ2n) is 11.3. The van der Waals surface area contributed by atoms with E-state index in [-0.39, 0.29) is 22.5 Å². The molecule has 2 saturated carbocycles. The quantitative estimate of drug-likeness (QED) is 0.353. The average molecular weight is 505 g/mol. The van der Waals surface area contributed by atoms with Gasteiger partial charge in [-0.2, -0.15) is 0 Å². The zero-order valence-corrected chi connectivity index (χ0v) is 21.4. The van der Waals surface area contributed by atoms with Crippen LogP contribution in [0.25, 0.3) is 0 Å². The van der Waals surface area contributed by atoms with Gasteiger partial charge in [-0.1, -0.05) is 41.4 Å². The van der Waals surface area contributed by atoms with Crippen LogP contribution < -0.4 is 4.74 Å². The lowest BCUT2D eigenvalue weighted by atomic mass is 9.47. The van der Waals surface area contributed by atoms with Crippen LogP contribution in [0.15, 0.2) is 29.8 Å². The molecule has 2 aliphatic carbocycles. The number of carboxylic acids is 1. The van der Waals surface area contributed by atoms with E-state index in [0.717, 1.165) is 56.3 Å². The summed E-state index contributed by atoms with van der Waals surface area (Å²) < 4.78 is 6.21. The van der Waals surface area contributed by atoms with Crippen LogP contribution in [-0.2, 0) is 6.42 Å². The number of hydrogen-bond acceptors (Lipinski definition) is 3. The maximum atomic E-state index is 11.8. The number of halogens is 1. The molecule has 0 radical (unpaired) electrons. The Morgan fingerprint density at radius 1 is 1.25 bits per heavy atom. The average Bonchev–Trinajstić information content (AvgIpc) is 3.15. The van der Waals surface area contributed by atoms with Gasteiger partial charge >= 0.3 is 5.97 Å². The summed E-state index contributed by atoms with van der Waals surface area (Å²) in [6, 6.07) is 5.03. The molecule has 0 bridgehead atoms. The molecule has 1 aliphatic heterocycles. The van der Waals surface area contributed by atoms with Gasteiger partial charge in [0.15, 0.2) is 0 Å². The van der Waals surface area contributed by atoms with Gasteiger partial charge in [0.1, 0.15) is 17.5 Å². The van der Waals surface area contributed by atoms with Crippen molar-refractivity contribution in [3.63, 3.8) is 0 Å². The maximum Gasteiger partial charge on any atom is 0.335 e. The van der Waals surface area contributed by atoms with Crippen molar-refractivity contribution >= 4 is 21.9 Å². The minimum absolute atomic E-state index is 0.0708. The number of benzene rings is 1. The first-order chi connectivity index (χ1) is 15.0. The number of ether oxygens (including phenoxy) is 1. The molecule has 176 valence electrons. The number of carbonyl (C=O) groups is 1. The standard InChI is InChI=1S/C27H37BrO4/c1-17(2)6-5-11-26(4)21-9-13-27(31,16-25(21,3)12-10-22(26)28)23-15-19-14-18(24(29)30)7-8-20(19)32-23/h6-8,14,21-23,31H,5,9-13,15-16H2,1-4H3,(H,29,30)/t21-,22+,23+,25-,26+,27-/m0/s1. The van der Waals surface area contributed by atoms with E-state index in [1.54, 1.807) is 18.2 Å². The smallest absolute Gasteiger partial charge is 0.335 e. The van der Waals surface area contributed by atoms with E-state index < -0.39 is 11.6 Å². The number of hydrogen-bond donors (Lipinski definition) is 2. The first-order valence-corrected chi connectivity index (χ1v) is 12.9. The summed E-state index contributed by atoms with van der Waals surface area (Å²) in [5.41, 5.74) is 1.94. The Bertz CT molecular complexity index is 922. The Morgan fingerprint density at radius 3 is 2.69 bits per heavy atom. The van der Waals surface area contributed by atoms with Crippen LogP contribution in [0.3, 0.4) is 0 Å². The molecule has 0 amide bonds. The van der Waals surface area contributed by atoms with Crippen molar-refractivity contribution in [2.75, 3.05) is 0 Å². The molecule has 1 heterocycles. The van der Waals surface area contributed by atoms with Gasteiger partial charge in [0.25, 0.3) is 0 Å². The highest BCUT2D eigenvalue weighted by Gasteiger charge is 2.59. The Morgan fingerprint density at radius 2 is 2.00 bits per heavy atom. The zero-order chi connectivity index (χ0) is 23.3. The summed E-state index contributed by atoms with van der Waals surface area (Å²) in [6.07, 6.45) is 9.59. The third-order valence-electron chi connectivity index (χ3n) is 8.71. The molecule has 1 aromatic carbocycles. The molecular formula is C27H37BrO4. The molecular weight excluding hydrogens is 468 g/mol. The maximum absolute atomic E-state index is 11.8. The number of rotatable bonds is 5. The Hall–Kier alpha value is -1.33. The third-order valence-corrected chi connectivity index (χ3v) is 10.2. The highest BCUT2D eigenvalue weighted by Crippen LogP contribution is 2.63. The van der Waals surface area contributed by atoms with Crippen LogP contribution >= 0.6 is 15.9 Å². The van der Waals surface area contributed by atoms with Crippen LogP contribution in [0.4, 0.5) is 0 Å². The molecule has 2 N–H and O–H groups in total. The van der Waals surface area contributed by atoms with Gasteiger partial charge in [-0.25, -0.2) is 4.79 Å². The van der Waals surface area contributed by atoms with Gasteiger partial charge < -0.3 is 14.9 Å². The van der Waals surface area contributed by atoms with E-state index in [0.29, 0.717) is 17.2 Å². The minimum Gasteiger partial charge on any atom is -0.487 e. The summed E-state index contributed by atoms with van der Waals surface area (Å²) >= 11 is 4.04. The van der Waals surface area contributed by atoms with Crippen LogP contribution in [0, 0.1) is 16.7 Å². The van der Waals surface area contributed by atoms with E-state index in [1.165, 1.54) is 5.57 Å². The number of alkyl halides is 1. The normalized spacial score (nSPS) is 38.4. The largest absolute Gasteiger partial charge is 0.487 e. The second-order valence-corrected chi connectivity index (χ2v) is 12.4. The highest BCUT2D eigenvalue weighted by atomic mass is 79.9. The molecule has 2 fully saturated rings. The second kappa shape index (κ2) is 8.47. The molecule has 3 aliphatic rings. The van der Waals surface area contributed by atoms with Gasteiger partial charge in [-0.3, -0.25) is 0 Å². The lowest BCUT2D eigenvalue weighted by Crippen LogP contribution is -2.59. The fourth-order valence-corrected chi connectivity index (χ4v) is 7.78. The molecule has 4 rings (SSSR count). The lowest BCUT2D eigenvalue weighted by molar-refractivity contribution is -0.159. The SMILES string of the molecule is CC(C)=CCC[C@@]1(C)[C@H](Br)CC[C@@]2(C)C[C@](O)([C@H]3Cc4cc(C(=O)O)ccc4O3)CC[C@@H]21. The molecule has 6 atom stereocenters. The fourth-order valence-electron chi connectivity index (χ4n) is 7.01. The van der Waals surface area contributed by atoms with Crippen molar-refractivity contribution in [1.29, 1.82) is 0 Å². The summed E-state index contributed by atoms with van der Waals surface area (Å²) in [5.74, 6) is 0.347. The van der Waals surface area contributed by atoms with E-state index >= 15 is 0 Å². The summed E-state index contributed by atoms with van der Waals surface area (Å²) in [4.78, 5) is 11.9. The van der Waals surface area contributed by atoms with Crippen LogP contribution in [0.5, 0.6) is 5.75 Å². The Kier molecular flexibility index (Phi) is 6.30. The first-order valence-electron chi connectivity index (χ1n) is 12.0. The lowest BCUT2D eigenvalue weighted by Gasteiger charge is -2.60. The van der Waals surface area contributed by atoms with E-state index in [1.807, 2.05) is 0 Å². The van der Waals surface area contributed by atoms with Gasteiger partial charge in [-0.05, 0) is 99.3 Å². The number of carboxylic acid groups (broad SMARTS) is 1. The summed E-state index contributed by atoms with van der Waals surface area (Å²) in [7, 11) is 0. The number of fused-ring (bicyclic) bond motifs is 2. The van der Waals surface area contributed by atoms with Crippen molar-refractivity contribution < 1.29 is 19.7 Å². The predicted octanol–water partition coefficient (Wildman–Crippen LogP) is 6.54. The summed E-state index contributed by atoms with van der Waals surface area (Å²) in [6.45, 7) is 9.16. The van der Waals surface area contributed by atoms with Crippen molar-refractivity contribution in [1.82, 2.24) is 0 Å². The molecule has 0 spiro atoms. The van der Waals surface area contributed by atoms with Gasteiger partial charge in [0.2, 0.25) is 0 Å². The molecule has 4 nitrogen and oxygen atoms in total. The molecule has 0 aromatic heterocycles. The molecule has 5 heteroatoms. The van der Waals surface area contributed by atoms with Gasteiger partial charge in [0, 0.05) is 11.2 Å². The zero-order valence-electron chi connectivity index (χ0n) is 19.8. The van der Waals surface area contributed by atoms with E-state index in [4.69, 9.17) is 4.74 Å². The molecule has 32 heavy (non-hydrogen) atoms. The van der Waals surface area contributed by atoms with E-state index in [2.05, 4.69) is 49.7 Å². The van der Waals surface area contributed by atoms with Crippen LogP contribution in [0.2, 0.25) is 0 Å². The summed E-state index contributed by atoms with van der Waals surface area (Å²) in [5, 5.41) is 21.2.